The molecule has 1 aromatic heterocycles. The van der Waals surface area contributed by atoms with Gasteiger partial charge < -0.3 is 14.9 Å². The number of aromatic nitrogens is 2. The lowest BCUT2D eigenvalue weighted by Gasteiger charge is -2.38. The molecule has 1 atom stereocenters. The molecular formula is C26H35N5O2. The first kappa shape index (κ1) is 21.0. The molecule has 0 unspecified atom stereocenters. The fourth-order valence-electron chi connectivity index (χ4n) is 6.42. The minimum Gasteiger partial charge on any atom is -0.507 e. The maximum Gasteiger partial charge on any atom is 0.255 e. The summed E-state index contributed by atoms with van der Waals surface area (Å²) in [5.74, 6) is 1.85. The first-order valence-electron chi connectivity index (χ1n) is 12.8. The van der Waals surface area contributed by atoms with E-state index in [1.807, 2.05) is 0 Å². The molecule has 0 spiro atoms. The Hall–Kier alpha value is -2.54. The molecule has 33 heavy (non-hydrogen) atoms. The zero-order chi connectivity index (χ0) is 22.5. The van der Waals surface area contributed by atoms with Crippen molar-refractivity contribution >= 4 is 11.6 Å². The van der Waals surface area contributed by atoms with E-state index in [1.54, 1.807) is 0 Å². The number of hydrogen-bond donors (Lipinski definition) is 2. The number of piperidine rings is 1. The molecule has 5 heterocycles. The normalized spacial score (nSPS) is 22.8. The van der Waals surface area contributed by atoms with Crippen molar-refractivity contribution in [3.63, 3.8) is 0 Å². The van der Waals surface area contributed by atoms with Gasteiger partial charge in [-0.3, -0.25) is 14.7 Å². The molecule has 4 aliphatic rings. The van der Waals surface area contributed by atoms with Crippen molar-refractivity contribution in [1.29, 1.82) is 0 Å². The summed E-state index contributed by atoms with van der Waals surface area (Å²) in [6, 6.07) is 2.24. The van der Waals surface area contributed by atoms with Crippen LogP contribution in [0.15, 0.2) is 10.9 Å². The summed E-state index contributed by atoms with van der Waals surface area (Å²) in [6.45, 7) is 8.58. The Morgan fingerprint density at radius 2 is 1.88 bits per heavy atom. The lowest BCUT2D eigenvalue weighted by atomic mass is 9.89. The van der Waals surface area contributed by atoms with E-state index >= 15 is 0 Å². The van der Waals surface area contributed by atoms with Crippen molar-refractivity contribution in [3.8, 4) is 5.75 Å². The molecule has 1 fully saturated rings. The number of H-pyrrole nitrogens is 1. The number of anilines is 2. The molecule has 4 aliphatic heterocycles. The van der Waals surface area contributed by atoms with Crippen LogP contribution in [0.2, 0.25) is 0 Å². The highest BCUT2D eigenvalue weighted by Gasteiger charge is 2.29. The minimum atomic E-state index is 0.0222. The summed E-state index contributed by atoms with van der Waals surface area (Å²) in [4.78, 5) is 27.9. The number of nitrogens with zero attached hydrogens (tertiary/aromatic N) is 4. The van der Waals surface area contributed by atoms with Crippen LogP contribution in [0.4, 0.5) is 11.6 Å². The van der Waals surface area contributed by atoms with Crippen LogP contribution < -0.4 is 15.4 Å². The Kier molecular flexibility index (Phi) is 5.32. The number of aromatic hydroxyl groups is 1. The van der Waals surface area contributed by atoms with Crippen molar-refractivity contribution in [2.24, 2.45) is 5.92 Å². The van der Waals surface area contributed by atoms with E-state index in [1.165, 1.54) is 24.1 Å². The lowest BCUT2D eigenvalue weighted by molar-refractivity contribution is 0.237. The molecule has 2 aromatic rings. The third-order valence-corrected chi connectivity index (χ3v) is 8.06. The number of aromatic amines is 1. The van der Waals surface area contributed by atoms with Crippen molar-refractivity contribution in [1.82, 2.24) is 14.9 Å². The quantitative estimate of drug-likeness (QED) is 0.750. The first-order valence-corrected chi connectivity index (χ1v) is 12.8. The monoisotopic (exact) mass is 449 g/mol. The second-order valence-electron chi connectivity index (χ2n) is 10.5. The summed E-state index contributed by atoms with van der Waals surface area (Å²) in [5, 5.41) is 11.2. The van der Waals surface area contributed by atoms with Crippen LogP contribution in [0.25, 0.3) is 0 Å². The summed E-state index contributed by atoms with van der Waals surface area (Å²) >= 11 is 0. The van der Waals surface area contributed by atoms with E-state index in [9.17, 15) is 9.90 Å². The molecule has 1 saturated heterocycles. The number of benzene rings is 1. The molecule has 0 bridgehead atoms. The van der Waals surface area contributed by atoms with Crippen molar-refractivity contribution in [2.45, 2.75) is 65.0 Å². The van der Waals surface area contributed by atoms with E-state index in [-0.39, 0.29) is 5.56 Å². The number of nitrogens with one attached hydrogen (secondary N) is 1. The molecule has 0 radical (unpaired) electrons. The predicted octanol–water partition coefficient (Wildman–Crippen LogP) is 2.97. The summed E-state index contributed by atoms with van der Waals surface area (Å²) in [5.41, 5.74) is 6.66. The topological polar surface area (TPSA) is 75.7 Å². The highest BCUT2D eigenvalue weighted by molar-refractivity contribution is 5.69. The van der Waals surface area contributed by atoms with Crippen LogP contribution in [0, 0.1) is 5.92 Å². The van der Waals surface area contributed by atoms with Gasteiger partial charge in [0.25, 0.3) is 5.56 Å². The van der Waals surface area contributed by atoms with E-state index in [4.69, 9.17) is 4.98 Å². The average molecular weight is 450 g/mol. The Bertz CT molecular complexity index is 1120. The summed E-state index contributed by atoms with van der Waals surface area (Å²) in [7, 11) is 0. The molecule has 7 nitrogen and oxygen atoms in total. The maximum absolute atomic E-state index is 12.8. The Morgan fingerprint density at radius 3 is 2.73 bits per heavy atom. The molecular weight excluding hydrogens is 414 g/mol. The van der Waals surface area contributed by atoms with E-state index in [2.05, 4.69) is 32.7 Å². The lowest BCUT2D eigenvalue weighted by Crippen LogP contribution is -2.39. The predicted molar refractivity (Wildman–Crippen MR) is 130 cm³/mol. The zero-order valence-electron chi connectivity index (χ0n) is 19.7. The minimum absolute atomic E-state index is 0.0222. The first-order chi connectivity index (χ1) is 16.1. The van der Waals surface area contributed by atoms with Gasteiger partial charge in [0, 0.05) is 68.2 Å². The summed E-state index contributed by atoms with van der Waals surface area (Å²) in [6.07, 6.45) is 7.47. The Labute approximate surface area is 195 Å². The van der Waals surface area contributed by atoms with Crippen LogP contribution in [0.3, 0.4) is 0 Å². The van der Waals surface area contributed by atoms with Crippen LogP contribution in [-0.2, 0) is 32.4 Å². The second kappa shape index (κ2) is 8.35. The van der Waals surface area contributed by atoms with Gasteiger partial charge in [-0.25, -0.2) is 4.98 Å². The van der Waals surface area contributed by atoms with Crippen LogP contribution in [-0.4, -0.2) is 52.7 Å². The van der Waals surface area contributed by atoms with Gasteiger partial charge in [-0.1, -0.05) is 6.92 Å². The highest BCUT2D eigenvalue weighted by atomic mass is 16.3. The number of phenols is 1. The number of aryl methyl sites for hydroxylation is 1. The molecule has 0 aliphatic carbocycles. The van der Waals surface area contributed by atoms with Crippen molar-refractivity contribution < 1.29 is 5.11 Å². The van der Waals surface area contributed by atoms with Crippen molar-refractivity contribution in [3.05, 3.63) is 44.4 Å². The summed E-state index contributed by atoms with van der Waals surface area (Å²) < 4.78 is 0. The third-order valence-electron chi connectivity index (χ3n) is 8.06. The van der Waals surface area contributed by atoms with Gasteiger partial charge in [0.05, 0.1) is 5.69 Å². The number of rotatable bonds is 3. The van der Waals surface area contributed by atoms with Crippen LogP contribution >= 0.6 is 0 Å². The maximum atomic E-state index is 12.8. The van der Waals surface area contributed by atoms with E-state index in [0.717, 1.165) is 86.7 Å². The van der Waals surface area contributed by atoms with Gasteiger partial charge >= 0.3 is 0 Å². The number of phenolic OH excluding ortho intramolecular Hbond substituents is 1. The van der Waals surface area contributed by atoms with Gasteiger partial charge in [0.2, 0.25) is 5.95 Å². The SMILES string of the molecule is C[C@H]1CCCN(c2nc3c(c(=O)[nH]2)CCN(Cc2cc4c5c(c2O)CCCN5CCC4)C3)C1. The number of fused-ring (bicyclic) bond motifs is 1. The second-order valence-corrected chi connectivity index (χ2v) is 10.5. The van der Waals surface area contributed by atoms with Gasteiger partial charge in [-0.05, 0) is 62.5 Å². The van der Waals surface area contributed by atoms with Gasteiger partial charge in [-0.15, -0.1) is 0 Å². The molecule has 0 saturated carbocycles. The molecule has 2 N–H and O–H groups in total. The van der Waals surface area contributed by atoms with Crippen LogP contribution in [0.1, 0.15) is 60.6 Å². The Morgan fingerprint density at radius 1 is 1.06 bits per heavy atom. The van der Waals surface area contributed by atoms with Crippen molar-refractivity contribution in [2.75, 3.05) is 42.5 Å². The third kappa shape index (κ3) is 3.80. The fourth-order valence-corrected chi connectivity index (χ4v) is 6.42. The van der Waals surface area contributed by atoms with Gasteiger partial charge in [0.1, 0.15) is 5.75 Å². The van der Waals surface area contributed by atoms with Crippen LogP contribution in [0.5, 0.6) is 5.75 Å². The standard InChI is InChI=1S/C26H35N5O2/c1-17-5-2-11-31(14-17)26-27-22-16-29(12-8-20(22)25(33)28-26)15-19-13-18-6-3-9-30-10-4-7-21(23(18)30)24(19)32/h13,17,32H,2-12,14-16H2,1H3,(H,27,28,33)/t17-/m0/s1. The average Bonchev–Trinajstić information content (AvgIpc) is 2.82. The molecule has 1 aromatic carbocycles. The molecule has 176 valence electrons. The largest absolute Gasteiger partial charge is 0.507 e. The van der Waals surface area contributed by atoms with E-state index in [0.29, 0.717) is 31.2 Å². The van der Waals surface area contributed by atoms with Gasteiger partial charge in [0.15, 0.2) is 0 Å². The molecule has 7 heteroatoms. The number of hydrogen-bond acceptors (Lipinski definition) is 6. The van der Waals surface area contributed by atoms with E-state index < -0.39 is 0 Å². The Balaban J connectivity index is 1.26. The zero-order valence-corrected chi connectivity index (χ0v) is 19.7. The molecule has 0 amide bonds. The fraction of sp³-hybridized carbons (Fsp3) is 0.615. The van der Waals surface area contributed by atoms with Gasteiger partial charge in [-0.2, -0.15) is 0 Å². The molecule has 6 rings (SSSR count). The highest BCUT2D eigenvalue weighted by Crippen LogP contribution is 2.42. The smallest absolute Gasteiger partial charge is 0.255 e.